The summed E-state index contributed by atoms with van der Waals surface area (Å²) in [6.07, 6.45) is 1.77. The lowest BCUT2D eigenvalue weighted by molar-refractivity contribution is 0.0950. The lowest BCUT2D eigenvalue weighted by Crippen LogP contribution is -2.26. The first-order valence-electron chi connectivity index (χ1n) is 16.3. The monoisotopic (exact) mass is 671 g/mol. The van der Waals surface area contributed by atoms with Crippen molar-refractivity contribution in [3.63, 3.8) is 0 Å². The number of fused-ring (bicyclic) bond motifs is 2. The van der Waals surface area contributed by atoms with Gasteiger partial charge in [-0.15, -0.1) is 0 Å². The molecule has 50 heavy (non-hydrogen) atoms. The normalized spacial score (nSPS) is 11.2. The molecule has 6 rings (SSSR count). The number of rotatable bonds is 10. The first-order chi connectivity index (χ1) is 24.0. The van der Waals surface area contributed by atoms with Gasteiger partial charge in [0, 0.05) is 45.6 Å². The Balaban J connectivity index is 1.40. The van der Waals surface area contributed by atoms with Gasteiger partial charge in [0.25, 0.3) is 5.91 Å². The van der Waals surface area contributed by atoms with Crippen molar-refractivity contribution in [3.05, 3.63) is 118 Å². The van der Waals surface area contributed by atoms with Crippen molar-refractivity contribution in [2.45, 2.75) is 39.5 Å². The van der Waals surface area contributed by atoms with Gasteiger partial charge in [-0.05, 0) is 79.6 Å². The van der Waals surface area contributed by atoms with Crippen LogP contribution in [-0.4, -0.2) is 48.9 Å². The van der Waals surface area contributed by atoms with Crippen LogP contribution in [0.1, 0.15) is 55.8 Å². The molecule has 6 aromatic carbocycles. The van der Waals surface area contributed by atoms with Crippen molar-refractivity contribution in [1.29, 1.82) is 0 Å². The predicted molar refractivity (Wildman–Crippen MR) is 193 cm³/mol. The minimum atomic E-state index is -0.646. The summed E-state index contributed by atoms with van der Waals surface area (Å²) in [5.74, 6) is -4.19. The zero-order valence-corrected chi connectivity index (χ0v) is 27.6. The third-order valence-corrected chi connectivity index (χ3v) is 9.14. The molecule has 7 N–H and O–H groups in total. The molecule has 9 heteroatoms. The largest absolute Gasteiger partial charge is 0.507 e. The third kappa shape index (κ3) is 6.21. The van der Waals surface area contributed by atoms with E-state index in [-0.39, 0.29) is 68.3 Å². The standard InChI is InChI=1S/C41H37NO8/c1-22-18-26-28(20-31(44)39(48)35(26)30(43)15-9-14-24-10-5-3-6-11-24)37(46)33(22)34-23(2)19-27-29(38(34)47)21-32(45)40(49)36(27)41(50)42-17-16-25-12-7-4-8-13-25/h3-8,10-13,18-21,44-49H,9,14-17H2,1-2H3,(H,42,50). The maximum Gasteiger partial charge on any atom is 0.255 e. The molecule has 0 aliphatic heterocycles. The molecule has 0 spiro atoms. The summed E-state index contributed by atoms with van der Waals surface area (Å²) in [6, 6.07) is 24.7. The van der Waals surface area contributed by atoms with E-state index in [2.05, 4.69) is 5.32 Å². The van der Waals surface area contributed by atoms with Gasteiger partial charge in [0.05, 0.1) is 11.1 Å². The van der Waals surface area contributed by atoms with E-state index in [1.54, 1.807) is 26.0 Å². The molecule has 0 fully saturated rings. The highest BCUT2D eigenvalue weighted by atomic mass is 16.3. The highest BCUT2D eigenvalue weighted by Gasteiger charge is 2.27. The number of phenols is 6. The van der Waals surface area contributed by atoms with Crippen molar-refractivity contribution >= 4 is 33.2 Å². The maximum atomic E-state index is 13.5. The maximum absolute atomic E-state index is 13.5. The molecular weight excluding hydrogens is 634 g/mol. The second-order valence-corrected chi connectivity index (χ2v) is 12.5. The summed E-state index contributed by atoms with van der Waals surface area (Å²) in [7, 11) is 0. The molecule has 0 saturated carbocycles. The van der Waals surface area contributed by atoms with Crippen molar-refractivity contribution in [3.8, 4) is 45.6 Å². The molecule has 0 aliphatic carbocycles. The number of Topliss-reactive ketones (excluding diaryl/α,β-unsaturated/α-hetero) is 1. The van der Waals surface area contributed by atoms with Crippen molar-refractivity contribution in [2.75, 3.05) is 6.54 Å². The number of hydrogen-bond donors (Lipinski definition) is 7. The Morgan fingerprint density at radius 2 is 1.02 bits per heavy atom. The number of carbonyl (C=O) groups is 2. The van der Waals surface area contributed by atoms with E-state index in [4.69, 9.17) is 0 Å². The lowest BCUT2D eigenvalue weighted by atomic mass is 9.86. The van der Waals surface area contributed by atoms with Gasteiger partial charge in [0.1, 0.15) is 11.5 Å². The van der Waals surface area contributed by atoms with Crippen LogP contribution in [-0.2, 0) is 12.8 Å². The Morgan fingerprint density at radius 1 is 0.560 bits per heavy atom. The Bertz CT molecular complexity index is 2120. The molecule has 1 amide bonds. The molecule has 0 atom stereocenters. The number of amides is 1. The molecule has 6 aromatic rings. The third-order valence-electron chi connectivity index (χ3n) is 9.14. The summed E-state index contributed by atoms with van der Waals surface area (Å²) in [4.78, 5) is 26.8. The van der Waals surface area contributed by atoms with E-state index >= 15 is 0 Å². The predicted octanol–water partition coefficient (Wildman–Crippen LogP) is 7.69. The molecule has 0 unspecified atom stereocenters. The second kappa shape index (κ2) is 13.7. The van der Waals surface area contributed by atoms with E-state index in [1.165, 1.54) is 6.07 Å². The van der Waals surface area contributed by atoms with Crippen LogP contribution in [0.4, 0.5) is 0 Å². The number of aryl methyl sites for hydroxylation is 3. The van der Waals surface area contributed by atoms with Crippen LogP contribution in [0.3, 0.4) is 0 Å². The first kappa shape index (κ1) is 33.7. The number of hydrogen-bond acceptors (Lipinski definition) is 8. The van der Waals surface area contributed by atoms with Gasteiger partial charge in [-0.1, -0.05) is 60.7 Å². The van der Waals surface area contributed by atoms with Gasteiger partial charge in [0.2, 0.25) is 0 Å². The average Bonchev–Trinajstić information content (AvgIpc) is 3.09. The molecule has 0 aliphatic rings. The van der Waals surface area contributed by atoms with Crippen LogP contribution in [0.5, 0.6) is 34.5 Å². The minimum absolute atomic E-state index is 0.0517. The quantitative estimate of drug-likeness (QED) is 0.0575. The van der Waals surface area contributed by atoms with E-state index in [0.29, 0.717) is 30.4 Å². The smallest absolute Gasteiger partial charge is 0.255 e. The number of nitrogens with one attached hydrogen (secondary N) is 1. The van der Waals surface area contributed by atoms with E-state index in [1.807, 2.05) is 60.7 Å². The van der Waals surface area contributed by atoms with Gasteiger partial charge < -0.3 is 36.0 Å². The van der Waals surface area contributed by atoms with Crippen LogP contribution in [0.2, 0.25) is 0 Å². The van der Waals surface area contributed by atoms with Gasteiger partial charge >= 0.3 is 0 Å². The number of ketones is 1. The van der Waals surface area contributed by atoms with Crippen LogP contribution in [0.15, 0.2) is 84.9 Å². The summed E-state index contributed by atoms with van der Waals surface area (Å²) >= 11 is 0. The number of benzene rings is 6. The molecular formula is C41H37NO8. The van der Waals surface area contributed by atoms with Crippen LogP contribution in [0, 0.1) is 13.8 Å². The number of phenolic OH excluding ortho intramolecular Hbond substituents is 6. The first-order valence-corrected chi connectivity index (χ1v) is 16.3. The fraction of sp³-hybridized carbons (Fsp3) is 0.171. The van der Waals surface area contributed by atoms with E-state index in [0.717, 1.165) is 17.2 Å². The van der Waals surface area contributed by atoms with Gasteiger partial charge in [-0.25, -0.2) is 0 Å². The molecule has 0 aromatic heterocycles. The van der Waals surface area contributed by atoms with Crippen LogP contribution < -0.4 is 5.32 Å². The second-order valence-electron chi connectivity index (χ2n) is 12.5. The summed E-state index contributed by atoms with van der Waals surface area (Å²) < 4.78 is 0. The van der Waals surface area contributed by atoms with Gasteiger partial charge in [0.15, 0.2) is 28.8 Å². The van der Waals surface area contributed by atoms with Crippen molar-refractivity contribution in [2.24, 2.45) is 0 Å². The van der Waals surface area contributed by atoms with Crippen molar-refractivity contribution < 1.29 is 40.2 Å². The zero-order valence-electron chi connectivity index (χ0n) is 27.6. The molecule has 0 radical (unpaired) electrons. The Kier molecular flexibility index (Phi) is 9.24. The highest BCUT2D eigenvalue weighted by molar-refractivity contribution is 6.16. The topological polar surface area (TPSA) is 168 Å². The van der Waals surface area contributed by atoms with Gasteiger partial charge in [-0.2, -0.15) is 0 Å². The minimum Gasteiger partial charge on any atom is -0.507 e. The molecule has 0 saturated heterocycles. The number of aromatic hydroxyl groups is 6. The molecule has 254 valence electrons. The summed E-state index contributed by atoms with van der Waals surface area (Å²) in [6.45, 7) is 3.59. The Hall–Kier alpha value is -6.22. The lowest BCUT2D eigenvalue weighted by Gasteiger charge is -2.20. The molecule has 0 bridgehead atoms. The SMILES string of the molecule is Cc1cc2c(C(=O)CCCc3ccccc3)c(O)c(O)cc2c(O)c1-c1c(C)cc2c(C(=O)NCCc3ccccc3)c(O)c(O)cc2c1O. The zero-order chi connectivity index (χ0) is 35.7. The van der Waals surface area contributed by atoms with Crippen LogP contribution in [0.25, 0.3) is 32.7 Å². The summed E-state index contributed by atoms with van der Waals surface area (Å²) in [5, 5.41) is 69.7. The number of carbonyl (C=O) groups excluding carboxylic acids is 2. The van der Waals surface area contributed by atoms with E-state index in [9.17, 15) is 40.2 Å². The highest BCUT2D eigenvalue weighted by Crippen LogP contribution is 2.51. The molecule has 0 heterocycles. The fourth-order valence-corrected chi connectivity index (χ4v) is 6.68. The summed E-state index contributed by atoms with van der Waals surface area (Å²) in [5.41, 5.74) is 2.98. The van der Waals surface area contributed by atoms with E-state index < -0.39 is 34.7 Å². The fourth-order valence-electron chi connectivity index (χ4n) is 6.68. The average molecular weight is 672 g/mol. The van der Waals surface area contributed by atoms with Crippen molar-refractivity contribution in [1.82, 2.24) is 5.32 Å². The Morgan fingerprint density at radius 3 is 1.54 bits per heavy atom. The van der Waals surface area contributed by atoms with Gasteiger partial charge in [-0.3, -0.25) is 9.59 Å². The van der Waals surface area contributed by atoms with Crippen LogP contribution >= 0.6 is 0 Å². The molecule has 9 nitrogen and oxygen atoms in total. The Labute approximate surface area is 288 Å².